The van der Waals surface area contributed by atoms with Gasteiger partial charge in [0.25, 0.3) is 0 Å². The monoisotopic (exact) mass is 439 g/mol. The van der Waals surface area contributed by atoms with Crippen molar-refractivity contribution in [1.29, 1.82) is 5.26 Å². The summed E-state index contributed by atoms with van der Waals surface area (Å²) in [5, 5.41) is 25.9. The molecule has 0 aromatic heterocycles. The highest BCUT2D eigenvalue weighted by molar-refractivity contribution is 5.70. The summed E-state index contributed by atoms with van der Waals surface area (Å²) in [6.07, 6.45) is 0.890. The minimum Gasteiger partial charge on any atom is -0.481 e. The van der Waals surface area contributed by atoms with Crippen molar-refractivity contribution in [2.45, 2.75) is 31.7 Å². The summed E-state index contributed by atoms with van der Waals surface area (Å²) in [7, 11) is 0. The Balaban J connectivity index is 1.50. The van der Waals surface area contributed by atoms with Crippen LogP contribution in [0.25, 0.3) is 0 Å². The van der Waals surface area contributed by atoms with E-state index in [1.54, 1.807) is 0 Å². The highest BCUT2D eigenvalue weighted by Crippen LogP contribution is 2.34. The number of aliphatic carboxylic acids is 1. The smallest absolute Gasteiger partial charge is 0.307 e. The van der Waals surface area contributed by atoms with Gasteiger partial charge in [-0.2, -0.15) is 5.26 Å². The Morgan fingerprint density at radius 3 is 2.55 bits per heavy atom. The second kappa shape index (κ2) is 10.3. The molecule has 3 aromatic carbocycles. The average molecular weight is 440 g/mol. The summed E-state index contributed by atoms with van der Waals surface area (Å²) >= 11 is 0. The van der Waals surface area contributed by atoms with Crippen LogP contribution in [0.3, 0.4) is 0 Å². The lowest BCUT2D eigenvalue weighted by molar-refractivity contribution is -0.136. The number of anilines is 1. The lowest BCUT2D eigenvalue weighted by Crippen LogP contribution is -2.37. The number of carbonyl (C=O) groups is 1. The molecular formula is C28H29N3O2. The van der Waals surface area contributed by atoms with Crippen LogP contribution in [-0.4, -0.2) is 24.2 Å². The molecule has 3 N–H and O–H groups in total. The molecule has 0 unspecified atom stereocenters. The van der Waals surface area contributed by atoms with Crippen molar-refractivity contribution in [3.8, 4) is 6.07 Å². The second-order valence-electron chi connectivity index (χ2n) is 8.80. The molecule has 0 saturated carbocycles. The first-order valence-electron chi connectivity index (χ1n) is 11.4. The fourth-order valence-corrected chi connectivity index (χ4v) is 4.67. The molecule has 0 saturated heterocycles. The molecule has 0 bridgehead atoms. The van der Waals surface area contributed by atoms with Gasteiger partial charge in [-0.3, -0.25) is 4.79 Å². The Morgan fingerprint density at radius 1 is 1.09 bits per heavy atom. The average Bonchev–Trinajstić information content (AvgIpc) is 2.84. The minimum atomic E-state index is -0.814. The van der Waals surface area contributed by atoms with E-state index in [-0.39, 0.29) is 18.4 Å². The first-order valence-corrected chi connectivity index (χ1v) is 11.4. The van der Waals surface area contributed by atoms with Gasteiger partial charge in [0.05, 0.1) is 18.1 Å². The van der Waals surface area contributed by atoms with Crippen molar-refractivity contribution < 1.29 is 9.90 Å². The maximum absolute atomic E-state index is 10.9. The summed E-state index contributed by atoms with van der Waals surface area (Å²) in [5.74, 6) is -0.237. The molecule has 168 valence electrons. The van der Waals surface area contributed by atoms with Crippen LogP contribution < -0.4 is 10.6 Å². The first kappa shape index (κ1) is 22.6. The number of benzene rings is 3. The number of hydrogen-bond donors (Lipinski definition) is 3. The van der Waals surface area contributed by atoms with Crippen molar-refractivity contribution in [3.63, 3.8) is 0 Å². The molecule has 5 nitrogen and oxygen atoms in total. The van der Waals surface area contributed by atoms with Crippen LogP contribution in [0, 0.1) is 17.2 Å². The Kier molecular flexibility index (Phi) is 7.07. The largest absolute Gasteiger partial charge is 0.481 e. The molecule has 1 heterocycles. The molecule has 1 aliphatic heterocycles. The molecule has 0 spiro atoms. The molecule has 5 heteroatoms. The van der Waals surface area contributed by atoms with E-state index in [2.05, 4.69) is 47.9 Å². The van der Waals surface area contributed by atoms with E-state index in [1.807, 2.05) is 48.5 Å². The van der Waals surface area contributed by atoms with Crippen LogP contribution in [-0.2, 0) is 17.6 Å². The maximum Gasteiger partial charge on any atom is 0.307 e. The number of hydrogen-bond acceptors (Lipinski definition) is 4. The number of nitrogens with zero attached hydrogens (tertiary/aromatic N) is 1. The van der Waals surface area contributed by atoms with E-state index in [1.165, 1.54) is 11.1 Å². The molecule has 3 atom stereocenters. The van der Waals surface area contributed by atoms with Crippen molar-refractivity contribution in [2.75, 3.05) is 18.4 Å². The highest BCUT2D eigenvalue weighted by atomic mass is 16.4. The van der Waals surface area contributed by atoms with Gasteiger partial charge in [0.15, 0.2) is 0 Å². The molecule has 1 aliphatic rings. The summed E-state index contributed by atoms with van der Waals surface area (Å²) in [4.78, 5) is 10.9. The molecule has 3 aromatic rings. The fraction of sp³-hybridized carbons (Fsp3) is 0.286. The predicted molar refractivity (Wildman–Crippen MR) is 130 cm³/mol. The van der Waals surface area contributed by atoms with Crippen LogP contribution >= 0.6 is 0 Å². The Labute approximate surface area is 195 Å². The summed E-state index contributed by atoms with van der Waals surface area (Å²) in [5.41, 5.74) is 6.14. The van der Waals surface area contributed by atoms with Crippen molar-refractivity contribution in [3.05, 3.63) is 101 Å². The van der Waals surface area contributed by atoms with Crippen molar-refractivity contribution >= 4 is 11.7 Å². The van der Waals surface area contributed by atoms with Gasteiger partial charge < -0.3 is 15.7 Å². The first-order chi connectivity index (χ1) is 16.0. The van der Waals surface area contributed by atoms with E-state index >= 15 is 0 Å². The summed E-state index contributed by atoms with van der Waals surface area (Å²) in [6.45, 7) is 3.82. The Morgan fingerprint density at radius 2 is 1.85 bits per heavy atom. The van der Waals surface area contributed by atoms with E-state index in [4.69, 9.17) is 5.11 Å². The fourth-order valence-electron chi connectivity index (χ4n) is 4.67. The number of rotatable bonds is 8. The zero-order chi connectivity index (χ0) is 23.2. The second-order valence-corrected chi connectivity index (χ2v) is 8.80. The third-order valence-corrected chi connectivity index (χ3v) is 6.50. The number of fused-ring (bicyclic) bond motifs is 1. The van der Waals surface area contributed by atoms with E-state index < -0.39 is 5.97 Å². The highest BCUT2D eigenvalue weighted by Gasteiger charge is 2.29. The topological polar surface area (TPSA) is 85.1 Å². The number of nitrogens with one attached hydrogen (secondary N) is 2. The van der Waals surface area contributed by atoms with Gasteiger partial charge in [-0.25, -0.2) is 0 Å². The van der Waals surface area contributed by atoms with Gasteiger partial charge in [0.1, 0.15) is 0 Å². The third kappa shape index (κ3) is 5.42. The van der Waals surface area contributed by atoms with Crippen LogP contribution in [0.15, 0.2) is 72.8 Å². The molecule has 0 amide bonds. The number of nitriles is 1. The van der Waals surface area contributed by atoms with Crippen molar-refractivity contribution in [1.82, 2.24) is 5.32 Å². The molecule has 33 heavy (non-hydrogen) atoms. The maximum atomic E-state index is 10.9. The van der Waals surface area contributed by atoms with Gasteiger partial charge in [-0.1, -0.05) is 67.6 Å². The summed E-state index contributed by atoms with van der Waals surface area (Å²) < 4.78 is 0. The summed E-state index contributed by atoms with van der Waals surface area (Å²) in [6, 6.07) is 26.7. The Hall–Kier alpha value is -3.62. The van der Waals surface area contributed by atoms with Crippen LogP contribution in [0.4, 0.5) is 5.69 Å². The number of carboxylic acid groups (broad SMARTS) is 1. The lowest BCUT2D eigenvalue weighted by atomic mass is 9.83. The van der Waals surface area contributed by atoms with Gasteiger partial charge in [0.2, 0.25) is 0 Å². The Bertz CT molecular complexity index is 1140. The lowest BCUT2D eigenvalue weighted by Gasteiger charge is -2.34. The molecular weight excluding hydrogens is 410 g/mol. The molecule has 0 fully saturated rings. The van der Waals surface area contributed by atoms with Gasteiger partial charge >= 0.3 is 5.97 Å². The van der Waals surface area contributed by atoms with E-state index in [0.29, 0.717) is 5.92 Å². The standard InChI is InChI=1S/C28H29N3O2/c1-19(21-12-10-20(11-13-21)14-27(32)33)17-31-28(22-6-3-2-4-7-22)24-15-25-23(16-29)8-5-9-26(25)30-18-24/h2-13,19,24,28,30-31H,14-15,17-18H2,1H3,(H,32,33)/t19-,24+,28+/m0/s1. The predicted octanol–water partition coefficient (Wildman–Crippen LogP) is 4.90. The van der Waals surface area contributed by atoms with Crippen LogP contribution in [0.2, 0.25) is 0 Å². The van der Waals surface area contributed by atoms with Gasteiger partial charge in [-0.15, -0.1) is 0 Å². The molecule has 0 radical (unpaired) electrons. The zero-order valence-corrected chi connectivity index (χ0v) is 18.8. The third-order valence-electron chi connectivity index (χ3n) is 6.50. The quantitative estimate of drug-likeness (QED) is 0.465. The minimum absolute atomic E-state index is 0.0455. The van der Waals surface area contributed by atoms with Crippen molar-refractivity contribution in [2.24, 2.45) is 5.92 Å². The van der Waals surface area contributed by atoms with Crippen LogP contribution in [0.5, 0.6) is 0 Å². The molecule has 0 aliphatic carbocycles. The number of carboxylic acids is 1. The zero-order valence-electron chi connectivity index (χ0n) is 18.8. The normalized spacial score (nSPS) is 16.7. The SMILES string of the molecule is C[C@@H](CN[C@H](c1ccccc1)[C@H]1CNc2cccc(C#N)c2C1)c1ccc(CC(=O)O)cc1. The van der Waals surface area contributed by atoms with Gasteiger partial charge in [0, 0.05) is 24.8 Å². The molecule has 4 rings (SSSR count). The van der Waals surface area contributed by atoms with E-state index in [0.717, 1.165) is 41.9 Å². The van der Waals surface area contributed by atoms with E-state index in [9.17, 15) is 10.1 Å². The van der Waals surface area contributed by atoms with Gasteiger partial charge in [-0.05, 0) is 52.6 Å². The van der Waals surface area contributed by atoms with Crippen LogP contribution in [0.1, 0.15) is 46.7 Å².